The number of hydrogen-bond donors (Lipinski definition) is 6. The summed E-state index contributed by atoms with van der Waals surface area (Å²) in [7, 11) is -2.31. The van der Waals surface area contributed by atoms with Crippen LogP contribution < -0.4 is 20.5 Å². The Kier molecular flexibility index (Phi) is 11.3. The van der Waals surface area contributed by atoms with E-state index in [0.717, 1.165) is 5.56 Å². The van der Waals surface area contributed by atoms with Crippen LogP contribution in [0.25, 0.3) is 0 Å². The number of piperidine rings is 1. The van der Waals surface area contributed by atoms with Gasteiger partial charge in [0.1, 0.15) is 12.0 Å². The van der Waals surface area contributed by atoms with Gasteiger partial charge in [-0.15, -0.1) is 0 Å². The number of ether oxygens (including phenoxy) is 1. The molecule has 7 N–H and O–H groups in total. The number of aryl methyl sites for hydroxylation is 1. The number of aliphatic hydroxyl groups is 1. The number of methoxy groups -OCH3 is 1. The van der Waals surface area contributed by atoms with Crippen LogP contribution in [0, 0.1) is 12.3 Å². The van der Waals surface area contributed by atoms with Crippen LogP contribution in [0.2, 0.25) is 0 Å². The van der Waals surface area contributed by atoms with Crippen molar-refractivity contribution < 1.29 is 46.1 Å². The number of carboxylic acids is 1. The monoisotopic (exact) mass is 603 g/mol. The summed E-state index contributed by atoms with van der Waals surface area (Å²) < 4.78 is 65.3. The Bertz CT molecular complexity index is 1340. The van der Waals surface area contributed by atoms with Crippen molar-refractivity contribution in [3.8, 4) is 5.75 Å². The van der Waals surface area contributed by atoms with E-state index in [1.165, 1.54) is 12.0 Å². The van der Waals surface area contributed by atoms with Crippen LogP contribution >= 0.6 is 0 Å². The number of hydrogen-bond acceptors (Lipinski definition) is 7. The maximum atomic E-state index is 12.8. The molecule has 16 heteroatoms. The lowest BCUT2D eigenvalue weighted by Crippen LogP contribution is -2.58. The molecular formula is C25H32F3N5O7S. The van der Waals surface area contributed by atoms with Crippen molar-refractivity contribution in [1.29, 1.82) is 5.41 Å². The normalized spacial score (nSPS) is 17.1. The molecule has 2 atom stereocenters. The van der Waals surface area contributed by atoms with E-state index in [1.54, 1.807) is 43.3 Å². The SMILES string of the molecule is COc1c(NS(=O)(=O)Cc2ccccc2)ccc(C)c1CC(=O)N[C@@H]1CCCN(C(=N)N)C1O.O=C(O)C(F)(F)F. The van der Waals surface area contributed by atoms with Gasteiger partial charge >= 0.3 is 12.1 Å². The molecule has 2 aromatic carbocycles. The number of amides is 1. The minimum absolute atomic E-state index is 0.0768. The fourth-order valence-electron chi connectivity index (χ4n) is 4.06. The predicted octanol–water partition coefficient (Wildman–Crippen LogP) is 1.91. The number of aliphatic carboxylic acids is 1. The van der Waals surface area contributed by atoms with Gasteiger partial charge in [0, 0.05) is 12.1 Å². The van der Waals surface area contributed by atoms with Gasteiger partial charge in [-0.2, -0.15) is 13.2 Å². The topological polar surface area (TPSA) is 195 Å². The summed E-state index contributed by atoms with van der Waals surface area (Å²) >= 11 is 0. The van der Waals surface area contributed by atoms with Crippen LogP contribution in [-0.4, -0.2) is 73.5 Å². The van der Waals surface area contributed by atoms with E-state index >= 15 is 0 Å². The number of guanidine groups is 1. The Morgan fingerprint density at radius 3 is 2.34 bits per heavy atom. The van der Waals surface area contributed by atoms with Crippen LogP contribution in [0.5, 0.6) is 5.75 Å². The van der Waals surface area contributed by atoms with Gasteiger partial charge in [-0.1, -0.05) is 36.4 Å². The molecule has 3 rings (SSSR count). The molecule has 41 heavy (non-hydrogen) atoms. The first kappa shape index (κ1) is 33.2. The third kappa shape index (κ3) is 9.82. The number of nitrogens with zero attached hydrogens (tertiary/aromatic N) is 1. The Labute approximate surface area is 234 Å². The van der Waals surface area contributed by atoms with Crippen molar-refractivity contribution in [3.63, 3.8) is 0 Å². The number of nitrogens with one attached hydrogen (secondary N) is 3. The maximum absolute atomic E-state index is 12.8. The van der Waals surface area contributed by atoms with E-state index in [-0.39, 0.29) is 35.5 Å². The fraction of sp³-hybridized carbons (Fsp3) is 0.400. The van der Waals surface area contributed by atoms with E-state index in [4.69, 9.17) is 25.8 Å². The summed E-state index contributed by atoms with van der Waals surface area (Å²) in [5, 5.41) is 28.0. The predicted molar refractivity (Wildman–Crippen MR) is 144 cm³/mol. The van der Waals surface area contributed by atoms with Crippen molar-refractivity contribution in [2.45, 2.75) is 50.4 Å². The molecule has 1 aliphatic rings. The number of sulfonamides is 1. The largest absolute Gasteiger partial charge is 0.494 e. The second-order valence-corrected chi connectivity index (χ2v) is 10.8. The zero-order valence-corrected chi connectivity index (χ0v) is 23.1. The Hall–Kier alpha value is -4.05. The Morgan fingerprint density at radius 1 is 1.20 bits per heavy atom. The molecule has 1 amide bonds. The number of rotatable bonds is 8. The molecule has 226 valence electrons. The molecule has 0 aromatic heterocycles. The number of carboxylic acid groups (broad SMARTS) is 1. The van der Waals surface area contributed by atoms with Gasteiger partial charge in [0.25, 0.3) is 0 Å². The lowest BCUT2D eigenvalue weighted by molar-refractivity contribution is -0.192. The number of carbonyl (C=O) groups excluding carboxylic acids is 1. The highest BCUT2D eigenvalue weighted by Crippen LogP contribution is 2.33. The van der Waals surface area contributed by atoms with E-state index in [9.17, 15) is 31.5 Å². The molecule has 1 aliphatic heterocycles. The third-order valence-electron chi connectivity index (χ3n) is 5.99. The summed E-state index contributed by atoms with van der Waals surface area (Å²) in [6, 6.07) is 11.6. The summed E-state index contributed by atoms with van der Waals surface area (Å²) in [6.07, 6.45) is -5.03. The first-order chi connectivity index (χ1) is 19.1. The minimum Gasteiger partial charge on any atom is -0.494 e. The molecule has 1 heterocycles. The summed E-state index contributed by atoms with van der Waals surface area (Å²) in [5.41, 5.74) is 7.69. The summed E-state index contributed by atoms with van der Waals surface area (Å²) in [5.74, 6) is -3.30. The van der Waals surface area contributed by atoms with E-state index in [0.29, 0.717) is 30.5 Å². The molecule has 12 nitrogen and oxygen atoms in total. The van der Waals surface area contributed by atoms with Crippen molar-refractivity contribution in [1.82, 2.24) is 10.2 Å². The molecular weight excluding hydrogens is 571 g/mol. The van der Waals surface area contributed by atoms with Crippen LogP contribution in [0.4, 0.5) is 18.9 Å². The van der Waals surface area contributed by atoms with Gasteiger partial charge in [0.2, 0.25) is 15.9 Å². The summed E-state index contributed by atoms with van der Waals surface area (Å²) in [4.78, 5) is 23.1. The van der Waals surface area contributed by atoms with Gasteiger partial charge in [-0.3, -0.25) is 14.9 Å². The zero-order valence-electron chi connectivity index (χ0n) is 22.2. The summed E-state index contributed by atoms with van der Waals surface area (Å²) in [6.45, 7) is 2.25. The lowest BCUT2D eigenvalue weighted by Gasteiger charge is -2.38. The Morgan fingerprint density at radius 2 is 1.80 bits per heavy atom. The van der Waals surface area contributed by atoms with Crippen molar-refractivity contribution in [2.75, 3.05) is 18.4 Å². The molecule has 0 radical (unpaired) electrons. The highest BCUT2D eigenvalue weighted by atomic mass is 32.2. The van der Waals surface area contributed by atoms with Gasteiger partial charge in [-0.25, -0.2) is 13.2 Å². The van der Waals surface area contributed by atoms with Crippen LogP contribution in [0.15, 0.2) is 42.5 Å². The van der Waals surface area contributed by atoms with Crippen molar-refractivity contribution in [2.24, 2.45) is 5.73 Å². The minimum atomic E-state index is -5.08. The molecule has 0 saturated carbocycles. The average Bonchev–Trinajstić information content (AvgIpc) is 2.87. The zero-order chi connectivity index (χ0) is 31.0. The number of carbonyl (C=O) groups is 2. The molecule has 2 aromatic rings. The molecule has 1 unspecified atom stereocenters. The van der Waals surface area contributed by atoms with E-state index in [2.05, 4.69) is 10.0 Å². The van der Waals surface area contributed by atoms with Gasteiger partial charge < -0.3 is 30.9 Å². The smallest absolute Gasteiger partial charge is 0.490 e. The van der Waals surface area contributed by atoms with Gasteiger partial charge in [0.15, 0.2) is 5.96 Å². The van der Waals surface area contributed by atoms with E-state index < -0.39 is 34.4 Å². The van der Waals surface area contributed by atoms with Crippen LogP contribution in [-0.2, 0) is 31.8 Å². The number of nitrogens with two attached hydrogens (primary N) is 1. The van der Waals surface area contributed by atoms with Crippen molar-refractivity contribution >= 4 is 33.5 Å². The third-order valence-corrected chi connectivity index (χ3v) is 7.24. The molecule has 0 spiro atoms. The highest BCUT2D eigenvalue weighted by molar-refractivity contribution is 7.91. The first-order valence-electron chi connectivity index (χ1n) is 12.1. The molecule has 1 saturated heterocycles. The average molecular weight is 604 g/mol. The maximum Gasteiger partial charge on any atom is 0.490 e. The van der Waals surface area contributed by atoms with Crippen molar-refractivity contribution in [3.05, 3.63) is 59.2 Å². The van der Waals surface area contributed by atoms with Gasteiger partial charge in [-0.05, 0) is 37.0 Å². The molecule has 1 fully saturated rings. The number of aliphatic hydroxyl groups excluding tert-OH is 1. The highest BCUT2D eigenvalue weighted by Gasteiger charge is 2.38. The fourth-order valence-corrected chi connectivity index (χ4v) is 5.26. The second kappa shape index (κ2) is 14.0. The quantitative estimate of drug-likeness (QED) is 0.193. The number of benzene rings is 2. The number of halogens is 3. The van der Waals surface area contributed by atoms with Gasteiger partial charge in [0.05, 0.1) is 31.0 Å². The number of alkyl halides is 3. The Balaban J connectivity index is 0.000000745. The molecule has 0 bridgehead atoms. The lowest BCUT2D eigenvalue weighted by atomic mass is 10.0. The standard InChI is InChI=1S/C23H31N5O5S.C2HF3O2/c1-15-10-11-18(27-34(31,32)14-16-7-4-3-5-8-16)21(33-2)17(15)13-20(29)26-19-9-6-12-28(22(19)30)23(24)25;3-2(4,5)1(6)7/h3-5,7-8,10-11,19,22,27,30H,6,9,12-14H2,1-2H3,(H3,24,25)(H,26,29);(H,6,7)/t19-,22?;/m1./s1. The second-order valence-electron chi connectivity index (χ2n) is 9.08. The molecule has 0 aliphatic carbocycles. The van der Waals surface area contributed by atoms with Crippen LogP contribution in [0.3, 0.4) is 0 Å². The first-order valence-corrected chi connectivity index (χ1v) is 13.8. The number of likely N-dealkylation sites (tertiary alicyclic amines) is 1. The van der Waals surface area contributed by atoms with E-state index in [1.807, 2.05) is 6.07 Å². The number of anilines is 1. The van der Waals surface area contributed by atoms with Crippen LogP contribution in [0.1, 0.15) is 29.5 Å².